The molecule has 1 amide bonds. The zero-order valence-corrected chi connectivity index (χ0v) is 7.89. The van der Waals surface area contributed by atoms with E-state index in [9.17, 15) is 4.79 Å². The molecule has 0 atom stereocenters. The first-order valence-electron chi connectivity index (χ1n) is 4.44. The van der Waals surface area contributed by atoms with Crippen molar-refractivity contribution in [3.63, 3.8) is 0 Å². The summed E-state index contributed by atoms with van der Waals surface area (Å²) in [6, 6.07) is 0. The van der Waals surface area contributed by atoms with Crippen molar-refractivity contribution in [1.29, 1.82) is 0 Å². The molecule has 0 spiro atoms. The number of rotatable bonds is 5. The van der Waals surface area contributed by atoms with Crippen molar-refractivity contribution in [2.75, 3.05) is 6.54 Å². The van der Waals surface area contributed by atoms with Gasteiger partial charge in [-0.3, -0.25) is 4.79 Å². The fourth-order valence-corrected chi connectivity index (χ4v) is 0.991. The summed E-state index contributed by atoms with van der Waals surface area (Å²) in [4.78, 5) is 10.9. The number of amides is 1. The summed E-state index contributed by atoms with van der Waals surface area (Å²) in [7, 11) is 0. The van der Waals surface area contributed by atoms with Crippen LogP contribution in [-0.2, 0) is 4.79 Å². The minimum absolute atomic E-state index is 0.0376. The largest absolute Gasteiger partial charge is 0.355 e. The molecule has 12 heavy (non-hydrogen) atoms. The molecule has 0 aromatic rings. The molecule has 0 saturated carbocycles. The van der Waals surface area contributed by atoms with Gasteiger partial charge in [0.05, 0.1) is 6.42 Å². The minimum Gasteiger partial charge on any atom is -0.355 e. The number of terminal acetylenes is 1. The molecule has 0 aliphatic rings. The normalized spacial score (nSPS) is 9.50. The zero-order valence-electron chi connectivity index (χ0n) is 7.89. The van der Waals surface area contributed by atoms with Crippen molar-refractivity contribution in [3.05, 3.63) is 0 Å². The van der Waals surface area contributed by atoms with Crippen LogP contribution in [0.4, 0.5) is 0 Å². The Balaban J connectivity index is 3.53. The maximum atomic E-state index is 10.9. The van der Waals surface area contributed by atoms with Crippen LogP contribution in [0.2, 0.25) is 0 Å². The Hall–Kier alpha value is -0.970. The highest BCUT2D eigenvalue weighted by atomic mass is 16.1. The SMILES string of the molecule is C#CCC(=O)NCC(CC)CC. The molecular formula is C10H17NO. The molecule has 0 unspecified atom stereocenters. The second-order valence-electron chi connectivity index (χ2n) is 2.87. The van der Waals surface area contributed by atoms with Crippen molar-refractivity contribution in [2.24, 2.45) is 5.92 Å². The van der Waals surface area contributed by atoms with Crippen LogP contribution >= 0.6 is 0 Å². The summed E-state index contributed by atoms with van der Waals surface area (Å²) in [6.07, 6.45) is 7.39. The predicted molar refractivity (Wildman–Crippen MR) is 50.5 cm³/mol. The van der Waals surface area contributed by atoms with Gasteiger partial charge in [0.1, 0.15) is 0 Å². The Morgan fingerprint density at radius 1 is 1.50 bits per heavy atom. The third kappa shape index (κ3) is 4.79. The summed E-state index contributed by atoms with van der Waals surface area (Å²) in [5, 5.41) is 2.80. The first-order chi connectivity index (χ1) is 5.74. The van der Waals surface area contributed by atoms with E-state index >= 15 is 0 Å². The molecule has 1 N–H and O–H groups in total. The average molecular weight is 167 g/mol. The lowest BCUT2D eigenvalue weighted by Crippen LogP contribution is -2.28. The van der Waals surface area contributed by atoms with Crippen LogP contribution in [0.5, 0.6) is 0 Å². The van der Waals surface area contributed by atoms with Gasteiger partial charge in [0.25, 0.3) is 0 Å². The highest BCUT2D eigenvalue weighted by Crippen LogP contribution is 2.04. The monoisotopic (exact) mass is 167 g/mol. The average Bonchev–Trinajstić information content (AvgIpc) is 2.07. The van der Waals surface area contributed by atoms with Crippen LogP contribution in [0, 0.1) is 18.3 Å². The number of hydrogen-bond donors (Lipinski definition) is 1. The number of carbonyl (C=O) groups is 1. The first-order valence-corrected chi connectivity index (χ1v) is 4.44. The zero-order chi connectivity index (χ0) is 9.40. The Morgan fingerprint density at radius 2 is 2.08 bits per heavy atom. The lowest BCUT2D eigenvalue weighted by molar-refractivity contribution is -0.120. The molecule has 68 valence electrons. The van der Waals surface area contributed by atoms with E-state index in [2.05, 4.69) is 25.1 Å². The summed E-state index contributed by atoms with van der Waals surface area (Å²) >= 11 is 0. The summed E-state index contributed by atoms with van der Waals surface area (Å²) < 4.78 is 0. The van der Waals surface area contributed by atoms with Gasteiger partial charge in [-0.15, -0.1) is 6.42 Å². The van der Waals surface area contributed by atoms with E-state index in [0.717, 1.165) is 19.4 Å². The third-order valence-corrected chi connectivity index (χ3v) is 2.01. The van der Waals surface area contributed by atoms with Crippen LogP contribution in [0.1, 0.15) is 33.1 Å². The van der Waals surface area contributed by atoms with Crippen LogP contribution in [-0.4, -0.2) is 12.5 Å². The third-order valence-electron chi connectivity index (χ3n) is 2.01. The fourth-order valence-electron chi connectivity index (χ4n) is 0.991. The Kier molecular flexibility index (Phi) is 6.18. The van der Waals surface area contributed by atoms with E-state index in [1.165, 1.54) is 0 Å². The standard InChI is InChI=1S/C10H17NO/c1-4-7-10(12)11-8-9(5-2)6-3/h1,9H,5-8H2,2-3H3,(H,11,12). The molecular weight excluding hydrogens is 150 g/mol. The molecule has 0 bridgehead atoms. The summed E-state index contributed by atoms with van der Waals surface area (Å²) in [5.41, 5.74) is 0. The van der Waals surface area contributed by atoms with Gasteiger partial charge in [-0.25, -0.2) is 0 Å². The van der Waals surface area contributed by atoms with Gasteiger partial charge in [0.15, 0.2) is 0 Å². The molecule has 2 heteroatoms. The van der Waals surface area contributed by atoms with Crippen molar-refractivity contribution < 1.29 is 4.79 Å². The van der Waals surface area contributed by atoms with E-state index < -0.39 is 0 Å². The molecule has 0 aliphatic carbocycles. The molecule has 0 aliphatic heterocycles. The van der Waals surface area contributed by atoms with Gasteiger partial charge < -0.3 is 5.32 Å². The van der Waals surface area contributed by atoms with Crippen LogP contribution < -0.4 is 5.32 Å². The van der Waals surface area contributed by atoms with Gasteiger partial charge in [0.2, 0.25) is 5.91 Å². The fraction of sp³-hybridized carbons (Fsp3) is 0.700. The number of nitrogens with one attached hydrogen (secondary N) is 1. The van der Waals surface area contributed by atoms with E-state index in [1.54, 1.807) is 0 Å². The minimum atomic E-state index is -0.0376. The molecule has 0 saturated heterocycles. The second-order valence-corrected chi connectivity index (χ2v) is 2.87. The van der Waals surface area contributed by atoms with E-state index in [4.69, 9.17) is 6.42 Å². The van der Waals surface area contributed by atoms with Gasteiger partial charge in [0, 0.05) is 6.54 Å². The van der Waals surface area contributed by atoms with E-state index in [-0.39, 0.29) is 12.3 Å². The Bertz CT molecular complexity index is 165. The summed E-state index contributed by atoms with van der Waals surface area (Å²) in [5.74, 6) is 2.87. The molecule has 0 aromatic heterocycles. The first kappa shape index (κ1) is 11.0. The van der Waals surface area contributed by atoms with Crippen LogP contribution in [0.15, 0.2) is 0 Å². The van der Waals surface area contributed by atoms with E-state index in [1.807, 2.05) is 0 Å². The highest BCUT2D eigenvalue weighted by molar-refractivity contribution is 5.78. The van der Waals surface area contributed by atoms with Gasteiger partial charge in [-0.1, -0.05) is 32.6 Å². The highest BCUT2D eigenvalue weighted by Gasteiger charge is 2.04. The van der Waals surface area contributed by atoms with Crippen LogP contribution in [0.25, 0.3) is 0 Å². The maximum Gasteiger partial charge on any atom is 0.232 e. The van der Waals surface area contributed by atoms with Crippen molar-refractivity contribution in [1.82, 2.24) is 5.32 Å². The molecule has 0 radical (unpaired) electrons. The molecule has 0 fully saturated rings. The second kappa shape index (κ2) is 6.72. The van der Waals surface area contributed by atoms with Gasteiger partial charge >= 0.3 is 0 Å². The van der Waals surface area contributed by atoms with Gasteiger partial charge in [-0.2, -0.15) is 0 Å². The topological polar surface area (TPSA) is 29.1 Å². The molecule has 0 heterocycles. The van der Waals surface area contributed by atoms with Crippen molar-refractivity contribution in [2.45, 2.75) is 33.1 Å². The smallest absolute Gasteiger partial charge is 0.232 e. The van der Waals surface area contributed by atoms with E-state index in [0.29, 0.717) is 5.92 Å². The van der Waals surface area contributed by atoms with Crippen molar-refractivity contribution >= 4 is 5.91 Å². The maximum absolute atomic E-state index is 10.9. The lowest BCUT2D eigenvalue weighted by atomic mass is 10.0. The summed E-state index contributed by atoms with van der Waals surface area (Å²) in [6.45, 7) is 5.01. The Morgan fingerprint density at radius 3 is 2.50 bits per heavy atom. The quantitative estimate of drug-likeness (QED) is 0.619. The predicted octanol–water partition coefficient (Wildman–Crippen LogP) is 1.56. The molecule has 0 aromatic carbocycles. The lowest BCUT2D eigenvalue weighted by Gasteiger charge is -2.12. The Labute approximate surface area is 74.7 Å². The number of carbonyl (C=O) groups excluding carboxylic acids is 1. The number of hydrogen-bond acceptors (Lipinski definition) is 1. The molecule has 2 nitrogen and oxygen atoms in total. The van der Waals surface area contributed by atoms with Crippen molar-refractivity contribution in [3.8, 4) is 12.3 Å². The van der Waals surface area contributed by atoms with Gasteiger partial charge in [-0.05, 0) is 5.92 Å². The van der Waals surface area contributed by atoms with Crippen LogP contribution in [0.3, 0.4) is 0 Å². The molecule has 0 rings (SSSR count).